The molecule has 2 aliphatic rings. The molecule has 1 N–H and O–H groups in total. The number of carbonyl (C=O) groups is 1. The van der Waals surface area contributed by atoms with Gasteiger partial charge in [-0.2, -0.15) is 0 Å². The van der Waals surface area contributed by atoms with Crippen molar-refractivity contribution in [2.75, 3.05) is 18.4 Å². The molecule has 0 radical (unpaired) electrons. The average Bonchev–Trinajstić information content (AvgIpc) is 3.09. The van der Waals surface area contributed by atoms with Crippen LogP contribution in [-0.4, -0.2) is 44.9 Å². The topological polar surface area (TPSA) is 63.1 Å². The van der Waals surface area contributed by atoms with Crippen molar-refractivity contribution in [1.82, 2.24) is 19.9 Å². The number of carbonyl (C=O) groups excluding carboxylic acids is 1. The number of rotatable bonds is 5. The highest BCUT2D eigenvalue weighted by Crippen LogP contribution is 2.28. The van der Waals surface area contributed by atoms with E-state index in [1.165, 1.54) is 30.4 Å². The monoisotopic (exact) mass is 415 g/mol. The standard InChI is InChI=1S/C25H29N5O/c1-2-23-24(27-28-30(23)22-7-4-3-5-8-22)25(31)26-20-12-11-18-13-15-29(21-9-6-10-21)16-14-19(18)17-20/h3-5,7-8,11-12,17,21H,2,6,9-10,13-16H2,1H3,(H,26,31). The number of aromatic nitrogens is 3. The molecule has 1 aliphatic carbocycles. The van der Waals surface area contributed by atoms with E-state index in [0.29, 0.717) is 12.1 Å². The molecule has 2 heterocycles. The van der Waals surface area contributed by atoms with Crippen LogP contribution in [0.25, 0.3) is 5.69 Å². The highest BCUT2D eigenvalue weighted by atomic mass is 16.2. The number of hydrogen-bond acceptors (Lipinski definition) is 4. The Bertz CT molecular complexity index is 1070. The summed E-state index contributed by atoms with van der Waals surface area (Å²) in [5, 5.41) is 11.5. The molecular formula is C25H29N5O. The first kappa shape index (κ1) is 19.9. The summed E-state index contributed by atoms with van der Waals surface area (Å²) in [6.45, 7) is 4.28. The summed E-state index contributed by atoms with van der Waals surface area (Å²) in [5.74, 6) is -0.205. The van der Waals surface area contributed by atoms with Crippen LogP contribution >= 0.6 is 0 Å². The maximum Gasteiger partial charge on any atom is 0.278 e. The Hall–Kier alpha value is -2.99. The number of nitrogens with one attached hydrogen (secondary N) is 1. The number of para-hydroxylation sites is 1. The zero-order chi connectivity index (χ0) is 21.2. The predicted molar refractivity (Wildman–Crippen MR) is 122 cm³/mol. The van der Waals surface area contributed by atoms with E-state index in [2.05, 4.69) is 32.7 Å². The molecule has 1 amide bonds. The van der Waals surface area contributed by atoms with Crippen LogP contribution < -0.4 is 5.32 Å². The van der Waals surface area contributed by atoms with Gasteiger partial charge in [-0.1, -0.05) is 42.8 Å². The van der Waals surface area contributed by atoms with Crippen LogP contribution in [0.2, 0.25) is 0 Å². The molecule has 0 atom stereocenters. The first-order valence-corrected chi connectivity index (χ1v) is 11.4. The molecule has 2 aromatic carbocycles. The highest BCUT2D eigenvalue weighted by Gasteiger charge is 2.26. The molecule has 160 valence electrons. The Balaban J connectivity index is 1.33. The van der Waals surface area contributed by atoms with Gasteiger partial charge < -0.3 is 5.32 Å². The second kappa shape index (κ2) is 8.63. The molecule has 1 aliphatic heterocycles. The number of anilines is 1. The summed E-state index contributed by atoms with van der Waals surface area (Å²) in [5.41, 5.74) is 5.70. The lowest BCUT2D eigenvalue weighted by molar-refractivity contribution is 0.102. The quantitative estimate of drug-likeness (QED) is 0.683. The second-order valence-electron chi connectivity index (χ2n) is 8.54. The summed E-state index contributed by atoms with van der Waals surface area (Å²) < 4.78 is 1.75. The van der Waals surface area contributed by atoms with E-state index >= 15 is 0 Å². The molecule has 0 bridgehead atoms. The van der Waals surface area contributed by atoms with E-state index in [9.17, 15) is 4.79 Å². The average molecular weight is 416 g/mol. The largest absolute Gasteiger partial charge is 0.321 e. The molecule has 0 spiro atoms. The Morgan fingerprint density at radius 1 is 1.06 bits per heavy atom. The van der Waals surface area contributed by atoms with Gasteiger partial charge in [0.1, 0.15) is 0 Å². The second-order valence-corrected chi connectivity index (χ2v) is 8.54. The molecule has 1 aromatic heterocycles. The van der Waals surface area contributed by atoms with Crippen LogP contribution in [0.5, 0.6) is 0 Å². The van der Waals surface area contributed by atoms with E-state index in [1.807, 2.05) is 43.3 Å². The van der Waals surface area contributed by atoms with E-state index < -0.39 is 0 Å². The van der Waals surface area contributed by atoms with E-state index in [-0.39, 0.29) is 5.91 Å². The molecule has 1 saturated carbocycles. The Morgan fingerprint density at radius 3 is 2.55 bits per heavy atom. The van der Waals surface area contributed by atoms with Gasteiger partial charge in [-0.15, -0.1) is 5.10 Å². The first-order valence-electron chi connectivity index (χ1n) is 11.4. The zero-order valence-electron chi connectivity index (χ0n) is 18.1. The van der Waals surface area contributed by atoms with Gasteiger partial charge >= 0.3 is 0 Å². The van der Waals surface area contributed by atoms with Gasteiger partial charge in [0, 0.05) is 24.8 Å². The van der Waals surface area contributed by atoms with E-state index in [4.69, 9.17) is 0 Å². The van der Waals surface area contributed by atoms with Gasteiger partial charge in [0.15, 0.2) is 5.69 Å². The summed E-state index contributed by atoms with van der Waals surface area (Å²) in [7, 11) is 0. The highest BCUT2D eigenvalue weighted by molar-refractivity contribution is 6.03. The minimum absolute atomic E-state index is 0.205. The fourth-order valence-electron chi connectivity index (χ4n) is 4.70. The summed E-state index contributed by atoms with van der Waals surface area (Å²) in [4.78, 5) is 15.7. The summed E-state index contributed by atoms with van der Waals surface area (Å²) in [6, 6.07) is 16.9. The Kier molecular flexibility index (Phi) is 5.55. The number of fused-ring (bicyclic) bond motifs is 1. The van der Waals surface area contributed by atoms with Crippen LogP contribution in [0.4, 0.5) is 5.69 Å². The molecule has 1 fully saturated rings. The van der Waals surface area contributed by atoms with Gasteiger partial charge in [0.2, 0.25) is 0 Å². The third kappa shape index (κ3) is 4.00. The van der Waals surface area contributed by atoms with Crippen molar-refractivity contribution >= 4 is 11.6 Å². The molecule has 6 nitrogen and oxygen atoms in total. The van der Waals surface area contributed by atoms with Gasteiger partial charge in [-0.25, -0.2) is 4.68 Å². The van der Waals surface area contributed by atoms with Gasteiger partial charge in [0.05, 0.1) is 11.4 Å². The third-order valence-electron chi connectivity index (χ3n) is 6.71. The van der Waals surface area contributed by atoms with Crippen LogP contribution in [0.3, 0.4) is 0 Å². The van der Waals surface area contributed by atoms with E-state index in [1.54, 1.807) is 4.68 Å². The first-order chi connectivity index (χ1) is 15.2. The lowest BCUT2D eigenvalue weighted by atomic mass is 9.91. The predicted octanol–water partition coefficient (Wildman–Crippen LogP) is 4.04. The van der Waals surface area contributed by atoms with Gasteiger partial charge in [-0.3, -0.25) is 9.69 Å². The Labute approximate surface area is 183 Å². The van der Waals surface area contributed by atoms with Crippen LogP contribution in [0.15, 0.2) is 48.5 Å². The van der Waals surface area contributed by atoms with Crippen molar-refractivity contribution in [2.45, 2.75) is 51.5 Å². The molecule has 6 heteroatoms. The SMILES string of the molecule is CCc1c(C(=O)Nc2ccc3c(c2)CCN(C2CCC2)CC3)nnn1-c1ccccc1. The maximum atomic E-state index is 13.0. The number of hydrogen-bond donors (Lipinski definition) is 1. The fraction of sp³-hybridized carbons (Fsp3) is 0.400. The zero-order valence-corrected chi connectivity index (χ0v) is 18.1. The van der Waals surface area contributed by atoms with Crippen LogP contribution in [-0.2, 0) is 19.3 Å². The van der Waals surface area contributed by atoms with E-state index in [0.717, 1.165) is 49.0 Å². The summed E-state index contributed by atoms with van der Waals surface area (Å²) >= 11 is 0. The summed E-state index contributed by atoms with van der Waals surface area (Å²) in [6.07, 6.45) is 6.87. The lowest BCUT2D eigenvalue weighted by Gasteiger charge is -2.36. The van der Waals surface area contributed by atoms with Gasteiger partial charge in [0.25, 0.3) is 5.91 Å². The smallest absolute Gasteiger partial charge is 0.278 e. The molecule has 31 heavy (non-hydrogen) atoms. The van der Waals surface area contributed by atoms with Crippen molar-refractivity contribution in [1.29, 1.82) is 0 Å². The minimum Gasteiger partial charge on any atom is -0.321 e. The van der Waals surface area contributed by atoms with Gasteiger partial charge in [-0.05, 0) is 67.5 Å². The number of nitrogens with zero attached hydrogens (tertiary/aromatic N) is 4. The number of benzene rings is 2. The lowest BCUT2D eigenvalue weighted by Crippen LogP contribution is -2.41. The van der Waals surface area contributed by atoms with Crippen molar-refractivity contribution in [2.24, 2.45) is 0 Å². The molecular weight excluding hydrogens is 386 g/mol. The molecule has 3 aromatic rings. The van der Waals surface area contributed by atoms with Crippen molar-refractivity contribution in [3.8, 4) is 5.69 Å². The van der Waals surface area contributed by atoms with Crippen molar-refractivity contribution in [3.63, 3.8) is 0 Å². The van der Waals surface area contributed by atoms with Crippen LogP contribution in [0, 0.1) is 0 Å². The van der Waals surface area contributed by atoms with Crippen molar-refractivity contribution in [3.05, 3.63) is 71.0 Å². The minimum atomic E-state index is -0.205. The maximum absolute atomic E-state index is 13.0. The third-order valence-corrected chi connectivity index (χ3v) is 6.71. The van der Waals surface area contributed by atoms with Crippen LogP contribution in [0.1, 0.15) is 53.5 Å². The molecule has 0 unspecified atom stereocenters. The number of amides is 1. The van der Waals surface area contributed by atoms with Crippen molar-refractivity contribution < 1.29 is 4.79 Å². The normalized spacial score (nSPS) is 16.9. The Morgan fingerprint density at radius 2 is 1.84 bits per heavy atom. The molecule has 0 saturated heterocycles. The molecule has 5 rings (SSSR count). The fourth-order valence-corrected chi connectivity index (χ4v) is 4.70.